The normalized spacial score (nSPS) is 11.5. The molecule has 1 aromatic carbocycles. The lowest BCUT2D eigenvalue weighted by Gasteiger charge is -2.07. The first-order chi connectivity index (χ1) is 9.72. The van der Waals surface area contributed by atoms with E-state index in [1.807, 2.05) is 0 Å². The summed E-state index contributed by atoms with van der Waals surface area (Å²) in [5, 5.41) is 8.63. The van der Waals surface area contributed by atoms with Gasteiger partial charge in [-0.1, -0.05) is 17.9 Å². The topological polar surface area (TPSA) is 101 Å². The molecule has 1 rings (SSSR count). The SMILES string of the molecule is CS(=O)(=O)CCS(=O)(=O)Nc1cccc(C#CCCO)c1. The number of hydrogen-bond acceptors (Lipinski definition) is 5. The molecule has 0 atom stereocenters. The molecule has 0 aliphatic rings. The van der Waals surface area contributed by atoms with Crippen molar-refractivity contribution in [1.29, 1.82) is 0 Å². The zero-order valence-corrected chi connectivity index (χ0v) is 13.2. The van der Waals surface area contributed by atoms with Crippen molar-refractivity contribution in [3.63, 3.8) is 0 Å². The van der Waals surface area contributed by atoms with Gasteiger partial charge in [0.1, 0.15) is 9.84 Å². The third-order valence-electron chi connectivity index (χ3n) is 2.33. The second-order valence-corrected chi connectivity index (χ2v) is 8.51. The van der Waals surface area contributed by atoms with Crippen LogP contribution >= 0.6 is 0 Å². The Bertz CT molecular complexity index is 742. The molecule has 0 fully saturated rings. The van der Waals surface area contributed by atoms with E-state index in [9.17, 15) is 16.8 Å². The fraction of sp³-hybridized carbons (Fsp3) is 0.385. The maximum Gasteiger partial charge on any atom is 0.233 e. The van der Waals surface area contributed by atoms with Crippen LogP contribution in [0.2, 0.25) is 0 Å². The van der Waals surface area contributed by atoms with Gasteiger partial charge in [0.25, 0.3) is 0 Å². The first kappa shape index (κ1) is 17.5. The highest BCUT2D eigenvalue weighted by molar-refractivity contribution is 7.95. The van der Waals surface area contributed by atoms with E-state index in [1.54, 1.807) is 24.3 Å². The van der Waals surface area contributed by atoms with E-state index in [2.05, 4.69) is 16.6 Å². The summed E-state index contributed by atoms with van der Waals surface area (Å²) in [5.74, 6) is 4.59. The average molecular weight is 331 g/mol. The molecule has 0 heterocycles. The molecular formula is C13H17NO5S2. The van der Waals surface area contributed by atoms with Crippen LogP contribution in [0, 0.1) is 11.8 Å². The first-order valence-corrected chi connectivity index (χ1v) is 9.81. The lowest BCUT2D eigenvalue weighted by molar-refractivity contribution is 0.305. The Hall–Kier alpha value is -1.56. The standard InChI is InChI=1S/C13H17NO5S2/c1-20(16,17)9-10-21(18,19)14-13-7-4-6-12(11-13)5-2-3-8-15/h4,6-7,11,14-15H,3,8-10H2,1H3. The highest BCUT2D eigenvalue weighted by Crippen LogP contribution is 2.12. The zero-order valence-electron chi connectivity index (χ0n) is 11.5. The molecule has 2 N–H and O–H groups in total. The molecule has 21 heavy (non-hydrogen) atoms. The van der Waals surface area contributed by atoms with Crippen LogP contribution in [0.1, 0.15) is 12.0 Å². The number of aliphatic hydroxyl groups is 1. The molecule has 0 aliphatic carbocycles. The van der Waals surface area contributed by atoms with E-state index < -0.39 is 31.4 Å². The predicted octanol–water partition coefficient (Wildman–Crippen LogP) is 0.207. The van der Waals surface area contributed by atoms with Crippen molar-refractivity contribution < 1.29 is 21.9 Å². The van der Waals surface area contributed by atoms with E-state index in [-0.39, 0.29) is 6.61 Å². The number of aliphatic hydroxyl groups excluding tert-OH is 1. The van der Waals surface area contributed by atoms with Crippen LogP contribution in [-0.2, 0) is 19.9 Å². The van der Waals surface area contributed by atoms with Gasteiger partial charge in [0.15, 0.2) is 0 Å². The van der Waals surface area contributed by atoms with Gasteiger partial charge in [0, 0.05) is 23.9 Å². The van der Waals surface area contributed by atoms with Crippen molar-refractivity contribution in [3.8, 4) is 11.8 Å². The summed E-state index contributed by atoms with van der Waals surface area (Å²) in [5.41, 5.74) is 0.922. The number of anilines is 1. The summed E-state index contributed by atoms with van der Waals surface area (Å²) >= 11 is 0. The van der Waals surface area contributed by atoms with Crippen LogP contribution in [0.3, 0.4) is 0 Å². The van der Waals surface area contributed by atoms with Gasteiger partial charge in [-0.2, -0.15) is 0 Å². The van der Waals surface area contributed by atoms with E-state index >= 15 is 0 Å². The quantitative estimate of drug-likeness (QED) is 0.726. The summed E-state index contributed by atoms with van der Waals surface area (Å²) < 4.78 is 47.9. The van der Waals surface area contributed by atoms with E-state index in [0.29, 0.717) is 17.7 Å². The van der Waals surface area contributed by atoms with Crippen molar-refractivity contribution in [2.75, 3.05) is 29.1 Å². The summed E-state index contributed by atoms with van der Waals surface area (Å²) in [7, 11) is -7.06. The number of sulfone groups is 1. The maximum absolute atomic E-state index is 11.8. The van der Waals surface area contributed by atoms with E-state index in [1.165, 1.54) is 0 Å². The van der Waals surface area contributed by atoms with Gasteiger partial charge in [0.2, 0.25) is 10.0 Å². The van der Waals surface area contributed by atoms with Crippen LogP contribution in [-0.4, -0.2) is 46.3 Å². The molecule has 1 aromatic rings. The third kappa shape index (κ3) is 7.70. The molecule has 8 heteroatoms. The fourth-order valence-electron chi connectivity index (χ4n) is 1.37. The average Bonchev–Trinajstić information content (AvgIpc) is 2.36. The number of benzene rings is 1. The first-order valence-electron chi connectivity index (χ1n) is 6.10. The summed E-state index contributed by atoms with van der Waals surface area (Å²) in [6.45, 7) is -0.0369. The molecule has 0 unspecified atom stereocenters. The van der Waals surface area contributed by atoms with Crippen molar-refractivity contribution in [1.82, 2.24) is 0 Å². The zero-order chi connectivity index (χ0) is 15.9. The Labute approximate surface area is 125 Å². The minimum absolute atomic E-state index is 0.0369. The van der Waals surface area contributed by atoms with Crippen molar-refractivity contribution in [2.24, 2.45) is 0 Å². The molecule has 0 radical (unpaired) electrons. The minimum atomic E-state index is -3.73. The van der Waals surface area contributed by atoms with Crippen molar-refractivity contribution in [3.05, 3.63) is 29.8 Å². The van der Waals surface area contributed by atoms with Crippen molar-refractivity contribution in [2.45, 2.75) is 6.42 Å². The second kappa shape index (κ2) is 7.45. The van der Waals surface area contributed by atoms with Gasteiger partial charge < -0.3 is 5.11 Å². The van der Waals surface area contributed by atoms with Crippen LogP contribution < -0.4 is 4.72 Å². The van der Waals surface area contributed by atoms with Gasteiger partial charge in [0.05, 0.1) is 18.1 Å². The number of hydrogen-bond donors (Lipinski definition) is 2. The van der Waals surface area contributed by atoms with E-state index in [4.69, 9.17) is 5.11 Å². The molecule has 0 spiro atoms. The van der Waals surface area contributed by atoms with Crippen LogP contribution in [0.25, 0.3) is 0 Å². The number of sulfonamides is 1. The lowest BCUT2D eigenvalue weighted by atomic mass is 10.2. The third-order valence-corrected chi connectivity index (χ3v) is 4.82. The molecule has 0 aliphatic heterocycles. The Kier molecular flexibility index (Phi) is 6.20. The largest absolute Gasteiger partial charge is 0.395 e. The van der Waals surface area contributed by atoms with Crippen LogP contribution in [0.4, 0.5) is 5.69 Å². The Morgan fingerprint density at radius 2 is 1.90 bits per heavy atom. The minimum Gasteiger partial charge on any atom is -0.395 e. The molecule has 0 saturated carbocycles. The maximum atomic E-state index is 11.8. The Balaban J connectivity index is 2.79. The smallest absolute Gasteiger partial charge is 0.233 e. The summed E-state index contributed by atoms with van der Waals surface area (Å²) in [4.78, 5) is 0. The van der Waals surface area contributed by atoms with Gasteiger partial charge in [-0.15, -0.1) is 0 Å². The summed E-state index contributed by atoms with van der Waals surface area (Å²) in [6.07, 6.45) is 1.32. The highest BCUT2D eigenvalue weighted by atomic mass is 32.2. The van der Waals surface area contributed by atoms with Gasteiger partial charge >= 0.3 is 0 Å². The Morgan fingerprint density at radius 3 is 2.52 bits per heavy atom. The second-order valence-electron chi connectivity index (χ2n) is 4.41. The van der Waals surface area contributed by atoms with Gasteiger partial charge in [-0.25, -0.2) is 16.8 Å². The molecule has 0 amide bonds. The Morgan fingerprint density at radius 1 is 1.19 bits per heavy atom. The van der Waals surface area contributed by atoms with E-state index in [0.717, 1.165) is 6.26 Å². The van der Waals surface area contributed by atoms with Crippen LogP contribution in [0.15, 0.2) is 24.3 Å². The van der Waals surface area contributed by atoms with Crippen molar-refractivity contribution >= 4 is 25.5 Å². The van der Waals surface area contributed by atoms with Gasteiger partial charge in [-0.3, -0.25) is 4.72 Å². The number of rotatable bonds is 6. The molecular weight excluding hydrogens is 314 g/mol. The lowest BCUT2D eigenvalue weighted by Crippen LogP contribution is -2.22. The molecule has 0 saturated heterocycles. The number of nitrogens with one attached hydrogen (secondary N) is 1. The van der Waals surface area contributed by atoms with Gasteiger partial charge in [-0.05, 0) is 18.2 Å². The molecule has 0 bridgehead atoms. The molecule has 116 valence electrons. The highest BCUT2D eigenvalue weighted by Gasteiger charge is 2.14. The fourth-order valence-corrected chi connectivity index (χ4v) is 4.05. The monoisotopic (exact) mass is 331 g/mol. The molecule has 0 aromatic heterocycles. The molecule has 6 nitrogen and oxygen atoms in total. The predicted molar refractivity (Wildman–Crippen MR) is 82.1 cm³/mol. The summed E-state index contributed by atoms with van der Waals surface area (Å²) in [6, 6.07) is 6.44. The van der Waals surface area contributed by atoms with Crippen LogP contribution in [0.5, 0.6) is 0 Å².